The number of aromatic nitrogens is 3. The first-order valence-corrected chi connectivity index (χ1v) is 17.4. The molecule has 10 aromatic rings. The van der Waals surface area contributed by atoms with Crippen molar-refractivity contribution in [3.8, 4) is 56.4 Å². The van der Waals surface area contributed by atoms with E-state index >= 15 is 0 Å². The molecule has 0 saturated heterocycles. The molecule has 0 amide bonds. The molecule has 0 N–H and O–H groups in total. The fraction of sp³-hybridized carbons (Fsp3) is 0. The first-order valence-electron chi connectivity index (χ1n) is 16.6. The zero-order valence-electron chi connectivity index (χ0n) is 26.7. The van der Waals surface area contributed by atoms with Crippen molar-refractivity contribution in [2.24, 2.45) is 0 Å². The smallest absolute Gasteiger partial charge is 0.164 e. The zero-order chi connectivity index (χ0) is 33.0. The third-order valence-electron chi connectivity index (χ3n) is 9.36. The summed E-state index contributed by atoms with van der Waals surface area (Å²) in [5, 5.41) is 4.79. The number of fused-ring (bicyclic) bond motifs is 6. The Morgan fingerprint density at radius 1 is 0.360 bits per heavy atom. The Morgan fingerprint density at radius 2 is 0.940 bits per heavy atom. The molecule has 0 aliphatic rings. The Morgan fingerprint density at radius 3 is 1.78 bits per heavy atom. The number of para-hydroxylation sites is 1. The van der Waals surface area contributed by atoms with Gasteiger partial charge in [-0.2, -0.15) is 0 Å². The number of furan rings is 1. The molecule has 3 heterocycles. The molecule has 0 atom stereocenters. The molecular formula is C45H27N3OS. The average Bonchev–Trinajstić information content (AvgIpc) is 3.76. The minimum atomic E-state index is 0.598. The van der Waals surface area contributed by atoms with E-state index in [-0.39, 0.29) is 0 Å². The summed E-state index contributed by atoms with van der Waals surface area (Å²) in [6, 6.07) is 56.9. The summed E-state index contributed by atoms with van der Waals surface area (Å²) < 4.78 is 8.85. The van der Waals surface area contributed by atoms with E-state index in [0.29, 0.717) is 17.5 Å². The molecule has 7 aromatic carbocycles. The van der Waals surface area contributed by atoms with Crippen molar-refractivity contribution in [1.29, 1.82) is 0 Å². The second-order valence-corrected chi connectivity index (χ2v) is 13.5. The third-order valence-corrected chi connectivity index (χ3v) is 10.6. The molecule has 0 aliphatic carbocycles. The molecule has 0 saturated carbocycles. The summed E-state index contributed by atoms with van der Waals surface area (Å²) in [5.41, 5.74) is 9.10. The topological polar surface area (TPSA) is 51.8 Å². The predicted octanol–water partition coefficient (Wildman–Crippen LogP) is 12.5. The van der Waals surface area contributed by atoms with Crippen molar-refractivity contribution in [1.82, 2.24) is 15.0 Å². The van der Waals surface area contributed by atoms with E-state index in [1.807, 2.05) is 65.9 Å². The lowest BCUT2D eigenvalue weighted by atomic mass is 9.98. The van der Waals surface area contributed by atoms with Crippen molar-refractivity contribution in [3.63, 3.8) is 0 Å². The molecule has 234 valence electrons. The second kappa shape index (κ2) is 11.6. The number of nitrogens with zero attached hydrogens (tertiary/aromatic N) is 3. The molecule has 0 bridgehead atoms. The summed E-state index contributed by atoms with van der Waals surface area (Å²) in [6.07, 6.45) is 0. The van der Waals surface area contributed by atoms with Gasteiger partial charge in [-0.15, -0.1) is 11.3 Å². The standard InChI is InChI=1S/C45H27N3OS/c1-2-10-30(11-3-1)43-46-44(48-45(47-43)33-24-25-36-35-14-4-6-18-39(35)49-40(36)27-33)32-13-8-12-31(26-32)28-20-22-29(23-21-28)34-16-9-17-38-37-15-5-7-19-41(37)50-42(34)38/h1-27H. The van der Waals surface area contributed by atoms with Crippen molar-refractivity contribution < 1.29 is 4.42 Å². The van der Waals surface area contributed by atoms with Crippen LogP contribution in [0.3, 0.4) is 0 Å². The van der Waals surface area contributed by atoms with E-state index in [1.165, 1.54) is 31.3 Å². The molecule has 0 radical (unpaired) electrons. The fourth-order valence-electron chi connectivity index (χ4n) is 6.87. The highest BCUT2D eigenvalue weighted by molar-refractivity contribution is 7.26. The maximum absolute atomic E-state index is 6.21. The normalized spacial score (nSPS) is 11.6. The minimum Gasteiger partial charge on any atom is -0.456 e. The number of hydrogen-bond acceptors (Lipinski definition) is 5. The molecule has 0 fully saturated rings. The Hall–Kier alpha value is -6.43. The Kier molecular flexibility index (Phi) is 6.64. The van der Waals surface area contributed by atoms with Crippen LogP contribution in [-0.4, -0.2) is 15.0 Å². The lowest BCUT2D eigenvalue weighted by Gasteiger charge is -2.10. The Bertz CT molecular complexity index is 2870. The molecular weight excluding hydrogens is 631 g/mol. The number of hydrogen-bond donors (Lipinski definition) is 0. The molecule has 5 heteroatoms. The van der Waals surface area contributed by atoms with Gasteiger partial charge in [0.05, 0.1) is 0 Å². The van der Waals surface area contributed by atoms with Crippen molar-refractivity contribution in [2.45, 2.75) is 0 Å². The van der Waals surface area contributed by atoms with E-state index in [9.17, 15) is 0 Å². The quantitative estimate of drug-likeness (QED) is 0.185. The van der Waals surface area contributed by atoms with Crippen LogP contribution in [0.15, 0.2) is 168 Å². The molecule has 0 unspecified atom stereocenters. The van der Waals surface area contributed by atoms with Crippen molar-refractivity contribution in [2.75, 3.05) is 0 Å². The highest BCUT2D eigenvalue weighted by Crippen LogP contribution is 2.40. The molecule has 10 rings (SSSR count). The molecule has 0 spiro atoms. The second-order valence-electron chi connectivity index (χ2n) is 12.4. The Labute approximate surface area is 292 Å². The maximum atomic E-state index is 6.21. The van der Waals surface area contributed by atoms with Gasteiger partial charge < -0.3 is 4.42 Å². The summed E-state index contributed by atoms with van der Waals surface area (Å²) in [6.45, 7) is 0. The average molecular weight is 658 g/mol. The largest absolute Gasteiger partial charge is 0.456 e. The van der Waals surface area contributed by atoms with Gasteiger partial charge in [-0.05, 0) is 52.6 Å². The Balaban J connectivity index is 1.04. The van der Waals surface area contributed by atoms with Gasteiger partial charge >= 0.3 is 0 Å². The van der Waals surface area contributed by atoms with Gasteiger partial charge in [0, 0.05) is 47.6 Å². The van der Waals surface area contributed by atoms with Crippen LogP contribution < -0.4 is 0 Å². The van der Waals surface area contributed by atoms with Gasteiger partial charge in [0.1, 0.15) is 11.2 Å². The molecule has 50 heavy (non-hydrogen) atoms. The number of rotatable bonds is 5. The van der Waals surface area contributed by atoms with Gasteiger partial charge in [-0.25, -0.2) is 15.0 Å². The van der Waals surface area contributed by atoms with Crippen LogP contribution in [0.2, 0.25) is 0 Å². The van der Waals surface area contributed by atoms with E-state index in [1.54, 1.807) is 0 Å². The third kappa shape index (κ3) is 4.87. The van der Waals surface area contributed by atoms with E-state index in [4.69, 9.17) is 19.4 Å². The van der Waals surface area contributed by atoms with Gasteiger partial charge in [0.2, 0.25) is 0 Å². The lowest BCUT2D eigenvalue weighted by Crippen LogP contribution is -2.00. The summed E-state index contributed by atoms with van der Waals surface area (Å²) >= 11 is 1.86. The van der Waals surface area contributed by atoms with E-state index in [0.717, 1.165) is 49.8 Å². The van der Waals surface area contributed by atoms with Crippen LogP contribution in [0.5, 0.6) is 0 Å². The summed E-state index contributed by atoms with van der Waals surface area (Å²) in [4.78, 5) is 15.0. The van der Waals surface area contributed by atoms with Crippen LogP contribution >= 0.6 is 11.3 Å². The van der Waals surface area contributed by atoms with Crippen LogP contribution in [0.1, 0.15) is 0 Å². The highest BCUT2D eigenvalue weighted by Gasteiger charge is 2.16. The van der Waals surface area contributed by atoms with E-state index in [2.05, 4.69) is 109 Å². The van der Waals surface area contributed by atoms with Crippen molar-refractivity contribution >= 4 is 53.4 Å². The van der Waals surface area contributed by atoms with Gasteiger partial charge in [0.15, 0.2) is 17.5 Å². The molecule has 4 nitrogen and oxygen atoms in total. The van der Waals surface area contributed by atoms with Crippen LogP contribution in [0, 0.1) is 0 Å². The summed E-state index contributed by atoms with van der Waals surface area (Å²) in [5.74, 6) is 1.84. The minimum absolute atomic E-state index is 0.598. The zero-order valence-corrected chi connectivity index (χ0v) is 27.6. The van der Waals surface area contributed by atoms with Gasteiger partial charge in [-0.1, -0.05) is 133 Å². The van der Waals surface area contributed by atoms with Crippen LogP contribution in [0.25, 0.3) is 98.5 Å². The number of thiophene rings is 1. The maximum Gasteiger partial charge on any atom is 0.164 e. The molecule has 0 aliphatic heterocycles. The highest BCUT2D eigenvalue weighted by atomic mass is 32.1. The first-order chi connectivity index (χ1) is 24.7. The van der Waals surface area contributed by atoms with Gasteiger partial charge in [0.25, 0.3) is 0 Å². The summed E-state index contributed by atoms with van der Waals surface area (Å²) in [7, 11) is 0. The van der Waals surface area contributed by atoms with Crippen LogP contribution in [0.4, 0.5) is 0 Å². The van der Waals surface area contributed by atoms with E-state index < -0.39 is 0 Å². The van der Waals surface area contributed by atoms with Crippen molar-refractivity contribution in [3.05, 3.63) is 164 Å². The fourth-order valence-corrected chi connectivity index (χ4v) is 8.11. The SMILES string of the molecule is c1ccc(-c2nc(-c3cccc(-c4ccc(-c5cccc6c5sc5ccccc56)cc4)c3)nc(-c3ccc4c(c3)oc3ccccc34)n2)cc1. The number of benzene rings is 7. The van der Waals surface area contributed by atoms with Crippen LogP contribution in [-0.2, 0) is 0 Å². The first kappa shape index (κ1) is 28.6. The predicted molar refractivity (Wildman–Crippen MR) is 207 cm³/mol. The lowest BCUT2D eigenvalue weighted by molar-refractivity contribution is 0.669. The molecule has 3 aromatic heterocycles. The van der Waals surface area contributed by atoms with Gasteiger partial charge in [-0.3, -0.25) is 0 Å². The monoisotopic (exact) mass is 657 g/mol.